The Kier molecular flexibility index (Phi) is 11.0. The number of ether oxygens (including phenoxy) is 1. The predicted molar refractivity (Wildman–Crippen MR) is 166 cm³/mol. The van der Waals surface area contributed by atoms with Gasteiger partial charge < -0.3 is 20.7 Å². The van der Waals surface area contributed by atoms with E-state index in [4.69, 9.17) is 14.7 Å². The van der Waals surface area contributed by atoms with Crippen LogP contribution in [0.5, 0.6) is 0 Å². The minimum absolute atomic E-state index is 0.0115. The van der Waals surface area contributed by atoms with E-state index in [0.29, 0.717) is 36.8 Å². The SMILES string of the molecule is C=CC=C.Cc1ccc(CC(=O)C2CCCCN2)cc1CNc1nc(NC2CCOCC2)nc2c(C(C)C)cnn12. The van der Waals surface area contributed by atoms with E-state index in [1.54, 1.807) is 16.7 Å². The number of allylic oxidation sites excluding steroid dienone is 2. The van der Waals surface area contributed by atoms with Crippen LogP contribution in [-0.4, -0.2) is 57.2 Å². The van der Waals surface area contributed by atoms with Crippen LogP contribution in [0.4, 0.5) is 11.9 Å². The Hall–Kier alpha value is -3.56. The van der Waals surface area contributed by atoms with Gasteiger partial charge in [-0.05, 0) is 61.8 Å². The van der Waals surface area contributed by atoms with E-state index in [1.165, 1.54) is 5.56 Å². The molecule has 3 N–H and O–H groups in total. The number of nitrogens with zero attached hydrogens (tertiary/aromatic N) is 4. The van der Waals surface area contributed by atoms with Crippen molar-refractivity contribution < 1.29 is 9.53 Å². The van der Waals surface area contributed by atoms with E-state index < -0.39 is 0 Å². The fourth-order valence-electron chi connectivity index (χ4n) is 5.16. The number of Topliss-reactive ketones (excluding diaryl/α,β-unsaturated/α-hetero) is 1. The van der Waals surface area contributed by atoms with Crippen LogP contribution in [0.1, 0.15) is 74.1 Å². The summed E-state index contributed by atoms with van der Waals surface area (Å²) in [5, 5.41) is 15.0. The second kappa shape index (κ2) is 14.9. The summed E-state index contributed by atoms with van der Waals surface area (Å²) in [4.78, 5) is 22.5. The van der Waals surface area contributed by atoms with E-state index >= 15 is 0 Å². The lowest BCUT2D eigenvalue weighted by atomic mass is 9.95. The zero-order valence-electron chi connectivity index (χ0n) is 24.8. The first-order chi connectivity index (χ1) is 19.9. The molecule has 2 aliphatic rings. The molecule has 2 saturated heterocycles. The summed E-state index contributed by atoms with van der Waals surface area (Å²) in [6.07, 6.45) is 10.7. The number of rotatable bonds is 10. The average molecular weight is 560 g/mol. The predicted octanol–water partition coefficient (Wildman–Crippen LogP) is 5.37. The number of aromatic nitrogens is 4. The number of hydrogen-bond acceptors (Lipinski definition) is 8. The molecule has 4 heterocycles. The quantitative estimate of drug-likeness (QED) is 0.285. The molecule has 2 fully saturated rings. The van der Waals surface area contributed by atoms with Crippen LogP contribution >= 0.6 is 0 Å². The van der Waals surface area contributed by atoms with Crippen molar-refractivity contribution in [2.45, 2.75) is 83.8 Å². The number of piperidine rings is 1. The maximum absolute atomic E-state index is 12.8. The number of benzene rings is 1. The van der Waals surface area contributed by atoms with Crippen LogP contribution in [0.25, 0.3) is 5.65 Å². The Morgan fingerprint density at radius 2 is 1.95 bits per heavy atom. The topological polar surface area (TPSA) is 105 Å². The number of hydrogen-bond donors (Lipinski definition) is 3. The molecule has 1 unspecified atom stereocenters. The third kappa shape index (κ3) is 8.24. The van der Waals surface area contributed by atoms with Crippen molar-refractivity contribution >= 4 is 23.3 Å². The monoisotopic (exact) mass is 559 g/mol. The summed E-state index contributed by atoms with van der Waals surface area (Å²) in [7, 11) is 0. The molecule has 0 saturated carbocycles. The highest BCUT2D eigenvalue weighted by Gasteiger charge is 2.21. The van der Waals surface area contributed by atoms with Crippen molar-refractivity contribution in [2.24, 2.45) is 0 Å². The number of anilines is 2. The van der Waals surface area contributed by atoms with Gasteiger partial charge in [-0.15, -0.1) is 0 Å². The molecule has 9 nitrogen and oxygen atoms in total. The highest BCUT2D eigenvalue weighted by molar-refractivity contribution is 5.86. The first-order valence-corrected chi connectivity index (χ1v) is 14.8. The lowest BCUT2D eigenvalue weighted by Gasteiger charge is -2.23. The number of fused-ring (bicyclic) bond motifs is 1. The van der Waals surface area contributed by atoms with Crippen molar-refractivity contribution in [1.82, 2.24) is 24.9 Å². The molecular weight excluding hydrogens is 514 g/mol. The molecule has 0 spiro atoms. The molecular formula is C32H45N7O2. The normalized spacial score (nSPS) is 17.5. The van der Waals surface area contributed by atoms with Gasteiger partial charge in [-0.25, -0.2) is 0 Å². The molecule has 0 aliphatic carbocycles. The van der Waals surface area contributed by atoms with Crippen LogP contribution in [0.15, 0.2) is 49.7 Å². The van der Waals surface area contributed by atoms with Gasteiger partial charge in [0.2, 0.25) is 11.9 Å². The Labute approximate surface area is 243 Å². The number of carbonyl (C=O) groups is 1. The van der Waals surface area contributed by atoms with Gasteiger partial charge >= 0.3 is 0 Å². The van der Waals surface area contributed by atoms with E-state index in [9.17, 15) is 4.79 Å². The Bertz CT molecular complexity index is 1320. The third-order valence-electron chi connectivity index (χ3n) is 7.67. The summed E-state index contributed by atoms with van der Waals surface area (Å²) < 4.78 is 7.30. The zero-order valence-corrected chi connectivity index (χ0v) is 24.8. The summed E-state index contributed by atoms with van der Waals surface area (Å²) >= 11 is 0. The summed E-state index contributed by atoms with van der Waals surface area (Å²) in [5.74, 6) is 1.84. The van der Waals surface area contributed by atoms with E-state index in [0.717, 1.165) is 74.2 Å². The molecule has 1 aromatic carbocycles. The van der Waals surface area contributed by atoms with Gasteiger partial charge in [0.1, 0.15) is 0 Å². The molecule has 0 amide bonds. The first-order valence-electron chi connectivity index (χ1n) is 14.8. The number of carbonyl (C=O) groups excluding carboxylic acids is 1. The molecule has 3 aromatic rings. The molecule has 220 valence electrons. The fraction of sp³-hybridized carbons (Fsp3) is 0.500. The van der Waals surface area contributed by atoms with E-state index in [2.05, 4.69) is 73.2 Å². The van der Waals surface area contributed by atoms with Crippen LogP contribution in [0.2, 0.25) is 0 Å². The van der Waals surface area contributed by atoms with Gasteiger partial charge in [0.25, 0.3) is 0 Å². The van der Waals surface area contributed by atoms with Gasteiger partial charge in [-0.1, -0.05) is 63.8 Å². The summed E-state index contributed by atoms with van der Waals surface area (Å²) in [6, 6.07) is 6.60. The molecule has 1 atom stereocenters. The smallest absolute Gasteiger partial charge is 0.229 e. The molecule has 9 heteroatoms. The number of aryl methyl sites for hydroxylation is 1. The first kappa shape index (κ1) is 30.4. The van der Waals surface area contributed by atoms with Crippen LogP contribution < -0.4 is 16.0 Å². The van der Waals surface area contributed by atoms with Crippen LogP contribution in [0.3, 0.4) is 0 Å². The van der Waals surface area contributed by atoms with Crippen molar-refractivity contribution in [3.05, 3.63) is 72.0 Å². The van der Waals surface area contributed by atoms with Crippen LogP contribution in [0, 0.1) is 6.92 Å². The second-order valence-electron chi connectivity index (χ2n) is 11.1. The van der Waals surface area contributed by atoms with Crippen LogP contribution in [-0.2, 0) is 22.5 Å². The molecule has 41 heavy (non-hydrogen) atoms. The van der Waals surface area contributed by atoms with Crippen molar-refractivity contribution in [2.75, 3.05) is 30.4 Å². The highest BCUT2D eigenvalue weighted by atomic mass is 16.5. The van der Waals surface area contributed by atoms with Gasteiger partial charge in [-0.2, -0.15) is 19.6 Å². The van der Waals surface area contributed by atoms with E-state index in [-0.39, 0.29) is 11.8 Å². The standard InChI is InChI=1S/C28H39N7O2.C4H6/c1-18(2)23-17-31-35-26(23)33-27(32-22-9-12-37-13-10-22)34-28(35)30-16-21-14-20(8-7-19(21)3)15-25(36)24-6-4-5-11-29-24;1-3-4-2/h7-8,14,17-18,22,24,29H,4-6,9-13,15-16H2,1-3H3,(H2,30,32,33,34);3-4H,1-2H2. The highest BCUT2D eigenvalue weighted by Crippen LogP contribution is 2.24. The third-order valence-corrected chi connectivity index (χ3v) is 7.67. The van der Waals surface area contributed by atoms with Gasteiger partial charge in [0, 0.05) is 37.8 Å². The molecule has 0 radical (unpaired) electrons. The van der Waals surface area contributed by atoms with E-state index in [1.807, 2.05) is 6.20 Å². The Morgan fingerprint density at radius 1 is 1.17 bits per heavy atom. The number of nitrogens with one attached hydrogen (secondary N) is 3. The second-order valence-corrected chi connectivity index (χ2v) is 11.1. The molecule has 2 aromatic heterocycles. The summed E-state index contributed by atoms with van der Waals surface area (Å²) in [5.41, 5.74) is 5.28. The minimum Gasteiger partial charge on any atom is -0.381 e. The minimum atomic E-state index is -0.0115. The van der Waals surface area contributed by atoms with Crippen molar-refractivity contribution in [3.63, 3.8) is 0 Å². The zero-order chi connectivity index (χ0) is 29.2. The summed E-state index contributed by atoms with van der Waals surface area (Å²) in [6.45, 7) is 16.1. The van der Waals surface area contributed by atoms with Crippen molar-refractivity contribution in [3.8, 4) is 0 Å². The Balaban J connectivity index is 0.000000909. The maximum Gasteiger partial charge on any atom is 0.229 e. The number of ketones is 1. The lowest BCUT2D eigenvalue weighted by Crippen LogP contribution is -2.41. The van der Waals surface area contributed by atoms with Gasteiger partial charge in [0.15, 0.2) is 11.4 Å². The van der Waals surface area contributed by atoms with Gasteiger partial charge in [0.05, 0.1) is 12.2 Å². The maximum atomic E-state index is 12.8. The van der Waals surface area contributed by atoms with Gasteiger partial charge in [-0.3, -0.25) is 4.79 Å². The largest absolute Gasteiger partial charge is 0.381 e. The molecule has 0 bridgehead atoms. The Morgan fingerprint density at radius 3 is 2.63 bits per heavy atom. The van der Waals surface area contributed by atoms with Crippen molar-refractivity contribution in [1.29, 1.82) is 0 Å². The molecule has 2 aliphatic heterocycles. The molecule has 5 rings (SSSR count). The fourth-order valence-corrected chi connectivity index (χ4v) is 5.16. The average Bonchev–Trinajstić information content (AvgIpc) is 3.43. The lowest BCUT2D eigenvalue weighted by molar-refractivity contribution is -0.120.